The molecule has 2 fully saturated rings. The van der Waals surface area contributed by atoms with Gasteiger partial charge in [0.15, 0.2) is 34.7 Å². The number of pyridine rings is 1. The number of nitrogens with zero attached hydrogens (tertiary/aromatic N) is 2. The van der Waals surface area contributed by atoms with Gasteiger partial charge in [-0.2, -0.15) is 0 Å². The van der Waals surface area contributed by atoms with Crippen LogP contribution in [-0.4, -0.2) is 74.9 Å². The van der Waals surface area contributed by atoms with Gasteiger partial charge in [-0.3, -0.25) is 33.9 Å². The highest BCUT2D eigenvalue weighted by Gasteiger charge is 2.69. The summed E-state index contributed by atoms with van der Waals surface area (Å²) in [5.74, 6) is -10.7. The van der Waals surface area contributed by atoms with Crippen LogP contribution < -0.4 is 5.73 Å². The van der Waals surface area contributed by atoms with E-state index in [1.54, 1.807) is 20.3 Å². The van der Waals surface area contributed by atoms with Crippen molar-refractivity contribution in [3.63, 3.8) is 0 Å². The van der Waals surface area contributed by atoms with Crippen LogP contribution in [0.15, 0.2) is 42.6 Å². The third-order valence-electron chi connectivity index (χ3n) is 9.78. The second-order valence-corrected chi connectivity index (χ2v) is 13.6. The first-order valence-electron chi connectivity index (χ1n) is 14.7. The number of primary amides is 1. The molecule has 2 unspecified atom stereocenters. The van der Waals surface area contributed by atoms with Gasteiger partial charge in [0.1, 0.15) is 5.75 Å². The zero-order valence-electron chi connectivity index (χ0n) is 25.2. The van der Waals surface area contributed by atoms with Crippen molar-refractivity contribution < 1.29 is 34.2 Å². The number of benzene rings is 2. The van der Waals surface area contributed by atoms with Crippen LogP contribution in [0.3, 0.4) is 0 Å². The Morgan fingerprint density at radius 2 is 1.70 bits per heavy atom. The second-order valence-electron chi connectivity index (χ2n) is 13.6. The van der Waals surface area contributed by atoms with Gasteiger partial charge < -0.3 is 15.9 Å². The quantitative estimate of drug-likeness (QED) is 0.384. The largest absolute Gasteiger partial charge is 0.507 e. The number of phenols is 1. The standard InChI is InChI=1S/C34H35N3O7/c1-33(2,3)21-13-18(22-12-15-8-6-7-9-16(15)14-36-22)19-10-17-11-20-26(37(4)5)29(40)25(32(35)43)31(42)34(20,44)30(41)23(17)28(39)24(19)27(21)38/h6-9,12-14,17,20,23,25-26,38,44H,10-11H2,1-5H3,(H2,35,43)/t17-,20-,23?,25?,26-,34-/m0/s1. The first-order chi connectivity index (χ1) is 20.6. The van der Waals surface area contributed by atoms with E-state index in [9.17, 15) is 34.2 Å². The number of aromatic nitrogens is 1. The maximum atomic E-state index is 14.4. The van der Waals surface area contributed by atoms with Crippen molar-refractivity contribution in [2.45, 2.75) is 50.7 Å². The first kappa shape index (κ1) is 29.8. The summed E-state index contributed by atoms with van der Waals surface area (Å²) in [6.45, 7) is 5.68. The monoisotopic (exact) mass is 597 g/mol. The molecule has 3 aliphatic rings. The average molecular weight is 598 g/mol. The summed E-state index contributed by atoms with van der Waals surface area (Å²) in [6, 6.07) is 10.3. The molecule has 1 heterocycles. The van der Waals surface area contributed by atoms with E-state index in [1.165, 1.54) is 4.90 Å². The van der Waals surface area contributed by atoms with E-state index in [0.29, 0.717) is 22.4 Å². The number of rotatable bonds is 3. The molecule has 6 rings (SSSR count). The lowest BCUT2D eigenvalue weighted by atomic mass is 9.52. The Kier molecular flexibility index (Phi) is 6.68. The van der Waals surface area contributed by atoms with Crippen LogP contribution in [0, 0.1) is 23.7 Å². The molecule has 3 aromatic rings. The van der Waals surface area contributed by atoms with Crippen molar-refractivity contribution in [3.05, 3.63) is 59.3 Å². The smallest absolute Gasteiger partial charge is 0.235 e. The van der Waals surface area contributed by atoms with Gasteiger partial charge >= 0.3 is 0 Å². The second kappa shape index (κ2) is 9.87. The van der Waals surface area contributed by atoms with E-state index < -0.39 is 69.8 Å². The van der Waals surface area contributed by atoms with E-state index in [-0.39, 0.29) is 24.2 Å². The number of aliphatic hydroxyl groups is 1. The van der Waals surface area contributed by atoms with Crippen LogP contribution in [0.2, 0.25) is 0 Å². The van der Waals surface area contributed by atoms with E-state index in [0.717, 1.165) is 10.8 Å². The third-order valence-corrected chi connectivity index (χ3v) is 9.78. The topological polar surface area (TPSA) is 168 Å². The molecule has 0 radical (unpaired) electrons. The maximum absolute atomic E-state index is 14.4. The molecular weight excluding hydrogens is 562 g/mol. The lowest BCUT2D eigenvalue weighted by Crippen LogP contribution is -2.74. The number of aromatic hydroxyl groups is 1. The molecule has 10 nitrogen and oxygen atoms in total. The number of hydrogen-bond acceptors (Lipinski definition) is 9. The van der Waals surface area contributed by atoms with Crippen molar-refractivity contribution in [1.82, 2.24) is 9.88 Å². The Hall–Kier alpha value is -4.28. The Morgan fingerprint density at radius 3 is 2.32 bits per heavy atom. The van der Waals surface area contributed by atoms with Gasteiger partial charge in [-0.25, -0.2) is 0 Å². The number of hydrogen-bond donors (Lipinski definition) is 3. The molecule has 6 atom stereocenters. The van der Waals surface area contributed by atoms with Crippen LogP contribution in [0.25, 0.3) is 22.0 Å². The molecular formula is C34H35N3O7. The van der Waals surface area contributed by atoms with Crippen molar-refractivity contribution >= 4 is 39.8 Å². The van der Waals surface area contributed by atoms with E-state index >= 15 is 0 Å². The summed E-state index contributed by atoms with van der Waals surface area (Å²) in [4.78, 5) is 73.9. The fourth-order valence-electron chi connectivity index (χ4n) is 7.70. The van der Waals surface area contributed by atoms with Crippen LogP contribution in [0.5, 0.6) is 5.75 Å². The SMILES string of the molecule is CN(C)[C@@H]1C(=O)C(C(N)=O)C(=O)[C@@]2(O)C(=O)C3C(=O)c4c(O)c(C(C)(C)C)cc(-c5cc6ccccc6cn5)c4C[C@H]3C[C@@H]12. The van der Waals surface area contributed by atoms with Gasteiger partial charge in [0.05, 0.1) is 23.2 Å². The number of Topliss-reactive ketones (excluding diaryl/α,β-unsaturated/α-hetero) is 4. The van der Waals surface area contributed by atoms with Crippen molar-refractivity contribution in [2.24, 2.45) is 29.4 Å². The molecule has 44 heavy (non-hydrogen) atoms. The summed E-state index contributed by atoms with van der Waals surface area (Å²) in [6.07, 6.45) is 1.89. The molecule has 0 bridgehead atoms. The van der Waals surface area contributed by atoms with Gasteiger partial charge in [0, 0.05) is 28.6 Å². The Bertz CT molecular complexity index is 1810. The number of nitrogens with two attached hydrogens (primary N) is 1. The molecule has 1 aromatic heterocycles. The zero-order valence-corrected chi connectivity index (χ0v) is 25.2. The molecule has 0 saturated heterocycles. The van der Waals surface area contributed by atoms with Crippen molar-refractivity contribution in [3.8, 4) is 17.0 Å². The molecule has 2 aromatic carbocycles. The number of likely N-dealkylation sites (N-methyl/N-ethyl adjacent to an activating group) is 1. The van der Waals surface area contributed by atoms with Crippen molar-refractivity contribution in [2.75, 3.05) is 14.1 Å². The number of carbonyl (C=O) groups is 5. The molecule has 1 amide bonds. The van der Waals surface area contributed by atoms with Gasteiger partial charge in [-0.15, -0.1) is 0 Å². The predicted octanol–water partition coefficient (Wildman–Crippen LogP) is 2.38. The highest BCUT2D eigenvalue weighted by molar-refractivity contribution is 6.32. The molecule has 4 N–H and O–H groups in total. The highest BCUT2D eigenvalue weighted by atomic mass is 16.3. The van der Waals surface area contributed by atoms with Crippen LogP contribution >= 0.6 is 0 Å². The number of carbonyl (C=O) groups excluding carboxylic acids is 5. The van der Waals surface area contributed by atoms with Gasteiger partial charge in [0.25, 0.3) is 0 Å². The fraction of sp³-hybridized carbons (Fsp3) is 0.412. The Morgan fingerprint density at radius 1 is 1.05 bits per heavy atom. The molecule has 10 heteroatoms. The summed E-state index contributed by atoms with van der Waals surface area (Å²) < 4.78 is 0. The highest BCUT2D eigenvalue weighted by Crippen LogP contribution is 2.53. The van der Waals surface area contributed by atoms with Crippen molar-refractivity contribution in [1.29, 1.82) is 0 Å². The van der Waals surface area contributed by atoms with Gasteiger partial charge in [-0.05, 0) is 61.4 Å². The number of amides is 1. The fourth-order valence-corrected chi connectivity index (χ4v) is 7.70. The van der Waals surface area contributed by atoms with Gasteiger partial charge in [0.2, 0.25) is 5.91 Å². The van der Waals surface area contributed by atoms with E-state index in [1.807, 2.05) is 57.2 Å². The molecule has 228 valence electrons. The Balaban J connectivity index is 1.56. The predicted molar refractivity (Wildman–Crippen MR) is 161 cm³/mol. The minimum Gasteiger partial charge on any atom is -0.507 e. The molecule has 0 aliphatic heterocycles. The van der Waals surface area contributed by atoms with Crippen LogP contribution in [-0.2, 0) is 31.0 Å². The zero-order chi connectivity index (χ0) is 32.0. The van der Waals surface area contributed by atoms with E-state index in [4.69, 9.17) is 10.7 Å². The Labute approximate surface area is 254 Å². The number of phenolic OH excluding ortho intramolecular Hbond substituents is 1. The normalized spacial score (nSPS) is 28.6. The van der Waals surface area contributed by atoms with Crippen LogP contribution in [0.1, 0.15) is 48.7 Å². The minimum absolute atomic E-state index is 0.0176. The first-order valence-corrected chi connectivity index (χ1v) is 14.7. The summed E-state index contributed by atoms with van der Waals surface area (Å²) in [5.41, 5.74) is 4.25. The van der Waals surface area contributed by atoms with Gasteiger partial charge in [-0.1, -0.05) is 45.0 Å². The van der Waals surface area contributed by atoms with Crippen LogP contribution in [0.4, 0.5) is 0 Å². The lowest BCUT2D eigenvalue weighted by molar-refractivity contribution is -0.181. The molecule has 0 spiro atoms. The minimum atomic E-state index is -2.77. The number of ketones is 4. The number of fused-ring (bicyclic) bond motifs is 4. The summed E-state index contributed by atoms with van der Waals surface area (Å²) in [7, 11) is 3.12. The average Bonchev–Trinajstić information content (AvgIpc) is 2.94. The van der Waals surface area contributed by atoms with E-state index in [2.05, 4.69) is 0 Å². The molecule has 2 saturated carbocycles. The maximum Gasteiger partial charge on any atom is 0.235 e. The third kappa shape index (κ3) is 4.07. The summed E-state index contributed by atoms with van der Waals surface area (Å²) >= 11 is 0. The summed E-state index contributed by atoms with van der Waals surface area (Å²) in [5, 5.41) is 25.3. The lowest BCUT2D eigenvalue weighted by Gasteiger charge is -2.52. The molecule has 3 aliphatic carbocycles.